The van der Waals surface area contributed by atoms with Gasteiger partial charge in [0, 0.05) is 13.3 Å². The molecule has 30 heavy (non-hydrogen) atoms. The maximum atomic E-state index is 12.5. The summed E-state index contributed by atoms with van der Waals surface area (Å²) in [4.78, 5) is 55.6. The molecule has 6 N–H and O–H groups in total. The van der Waals surface area contributed by atoms with Gasteiger partial charge in [0.25, 0.3) is 0 Å². The predicted molar refractivity (Wildman–Crippen MR) is 110 cm³/mol. The van der Waals surface area contributed by atoms with Crippen LogP contribution in [-0.2, 0) is 25.4 Å². The zero-order chi connectivity index (χ0) is 23.1. The fraction of sp³-hybridized carbons (Fsp3) is 0.526. The third-order valence-corrected chi connectivity index (χ3v) is 5.81. The van der Waals surface area contributed by atoms with Crippen molar-refractivity contribution in [3.05, 3.63) is 29.8 Å². The van der Waals surface area contributed by atoms with Crippen molar-refractivity contribution in [2.24, 2.45) is 5.92 Å². The van der Waals surface area contributed by atoms with Crippen LogP contribution in [-0.4, -0.2) is 50.5 Å². The largest absolute Gasteiger partial charge is 0.508 e. The Balaban J connectivity index is 2.84. The average Bonchev–Trinajstić information content (AvgIpc) is 2.65. The van der Waals surface area contributed by atoms with Gasteiger partial charge >= 0.3 is 7.60 Å². The van der Waals surface area contributed by atoms with Gasteiger partial charge in [-0.2, -0.15) is 0 Å². The zero-order valence-electron chi connectivity index (χ0n) is 17.5. The first kappa shape index (κ1) is 25.6. The van der Waals surface area contributed by atoms with Gasteiger partial charge in [-0.15, -0.1) is 0 Å². The molecule has 1 rings (SSSR count). The minimum absolute atomic E-state index is 0.00174. The smallest absolute Gasteiger partial charge is 0.347 e. The Kier molecular flexibility index (Phi) is 9.48. The lowest BCUT2D eigenvalue weighted by Gasteiger charge is -2.26. The molecule has 0 saturated carbocycles. The SMILES string of the molecule is CC[C@H](C)[C@H](NC(C)=O)C(=O)N[C@@H](C)C(=O)N[C@@H](Cc1ccc(O)cc1)P(=O)(O)O. The molecule has 0 saturated heterocycles. The number of amides is 3. The number of hydrogen-bond donors (Lipinski definition) is 6. The van der Waals surface area contributed by atoms with Crippen molar-refractivity contribution < 1.29 is 33.8 Å². The van der Waals surface area contributed by atoms with Crippen LogP contribution in [0.25, 0.3) is 0 Å². The number of hydrogen-bond acceptors (Lipinski definition) is 5. The lowest BCUT2D eigenvalue weighted by Crippen LogP contribution is -2.55. The molecule has 1 aromatic carbocycles. The first-order chi connectivity index (χ1) is 13.8. The van der Waals surface area contributed by atoms with Crippen molar-refractivity contribution in [1.82, 2.24) is 16.0 Å². The normalized spacial score (nSPS) is 15.4. The molecule has 0 aromatic heterocycles. The lowest BCUT2D eigenvalue weighted by atomic mass is 9.98. The van der Waals surface area contributed by atoms with Crippen molar-refractivity contribution in [2.45, 2.75) is 58.4 Å². The van der Waals surface area contributed by atoms with Gasteiger partial charge in [-0.05, 0) is 30.5 Å². The molecular formula is C19H30N3O7P. The first-order valence-corrected chi connectivity index (χ1v) is 11.2. The molecule has 11 heteroatoms. The van der Waals surface area contributed by atoms with Crippen LogP contribution in [0.15, 0.2) is 24.3 Å². The Morgan fingerprint density at radius 1 is 1.00 bits per heavy atom. The highest BCUT2D eigenvalue weighted by atomic mass is 31.2. The van der Waals surface area contributed by atoms with Gasteiger partial charge in [0.2, 0.25) is 17.7 Å². The number of benzene rings is 1. The average molecular weight is 443 g/mol. The molecule has 0 heterocycles. The molecule has 0 aliphatic rings. The van der Waals surface area contributed by atoms with Crippen LogP contribution in [0, 0.1) is 5.92 Å². The van der Waals surface area contributed by atoms with E-state index < -0.39 is 37.3 Å². The molecule has 3 amide bonds. The Bertz CT molecular complexity index is 794. The monoisotopic (exact) mass is 443 g/mol. The van der Waals surface area contributed by atoms with Crippen LogP contribution in [0.3, 0.4) is 0 Å². The third kappa shape index (κ3) is 8.14. The van der Waals surface area contributed by atoms with E-state index in [9.17, 15) is 33.8 Å². The summed E-state index contributed by atoms with van der Waals surface area (Å²) in [5.74, 6) is -3.41. The topological polar surface area (TPSA) is 165 Å². The Morgan fingerprint density at radius 2 is 1.57 bits per heavy atom. The van der Waals surface area contributed by atoms with Crippen molar-refractivity contribution in [3.8, 4) is 5.75 Å². The number of carbonyl (C=O) groups is 3. The van der Waals surface area contributed by atoms with Gasteiger partial charge in [-0.1, -0.05) is 32.4 Å². The van der Waals surface area contributed by atoms with E-state index >= 15 is 0 Å². The van der Waals surface area contributed by atoms with E-state index in [-0.39, 0.29) is 24.0 Å². The van der Waals surface area contributed by atoms with Gasteiger partial charge in [0.15, 0.2) is 0 Å². The summed E-state index contributed by atoms with van der Waals surface area (Å²) in [7, 11) is -4.70. The van der Waals surface area contributed by atoms with Crippen molar-refractivity contribution >= 4 is 25.3 Å². The highest BCUT2D eigenvalue weighted by Crippen LogP contribution is 2.41. The number of phenolic OH excluding ortho intramolecular Hbond substituents is 1. The number of rotatable bonds is 10. The van der Waals surface area contributed by atoms with Gasteiger partial charge in [-0.25, -0.2) is 0 Å². The number of aromatic hydroxyl groups is 1. The summed E-state index contributed by atoms with van der Waals surface area (Å²) in [6.07, 6.45) is 0.449. The van der Waals surface area contributed by atoms with Gasteiger partial charge < -0.3 is 30.8 Å². The molecule has 0 radical (unpaired) electrons. The summed E-state index contributed by atoms with van der Waals surface area (Å²) in [6.45, 7) is 6.31. The maximum Gasteiger partial charge on any atom is 0.347 e. The summed E-state index contributed by atoms with van der Waals surface area (Å²) >= 11 is 0. The molecule has 0 bridgehead atoms. The van der Waals surface area contributed by atoms with Crippen LogP contribution >= 0.6 is 7.60 Å². The van der Waals surface area contributed by atoms with E-state index in [1.807, 2.05) is 6.92 Å². The van der Waals surface area contributed by atoms with Crippen LogP contribution < -0.4 is 16.0 Å². The third-order valence-electron chi connectivity index (χ3n) is 4.69. The van der Waals surface area contributed by atoms with Crippen LogP contribution in [0.2, 0.25) is 0 Å². The highest BCUT2D eigenvalue weighted by Gasteiger charge is 2.33. The van der Waals surface area contributed by atoms with E-state index in [1.54, 1.807) is 6.92 Å². The Labute approximate surface area is 175 Å². The fourth-order valence-corrected chi connectivity index (χ4v) is 3.43. The second-order valence-electron chi connectivity index (χ2n) is 7.28. The summed E-state index contributed by atoms with van der Waals surface area (Å²) in [5, 5.41) is 16.6. The van der Waals surface area contributed by atoms with Crippen molar-refractivity contribution in [1.29, 1.82) is 0 Å². The van der Waals surface area contributed by atoms with Gasteiger partial charge in [0.05, 0.1) is 0 Å². The quantitative estimate of drug-likeness (QED) is 0.288. The van der Waals surface area contributed by atoms with E-state index in [1.165, 1.54) is 38.1 Å². The maximum absolute atomic E-state index is 12.5. The molecule has 0 unspecified atom stereocenters. The second-order valence-corrected chi connectivity index (χ2v) is 9.08. The molecule has 0 fully saturated rings. The van der Waals surface area contributed by atoms with Crippen molar-refractivity contribution in [3.63, 3.8) is 0 Å². The standard InChI is InChI=1S/C19H30N3O7P/c1-5-11(2)17(21-13(4)23)19(26)20-12(3)18(25)22-16(30(27,28)29)10-14-6-8-15(24)9-7-14/h6-9,11-12,16-17,24H,5,10H2,1-4H3,(H,20,26)(H,21,23)(H,22,25)(H2,27,28,29)/t11-,12-,16+,17-/m0/s1. The molecular weight excluding hydrogens is 413 g/mol. The highest BCUT2D eigenvalue weighted by molar-refractivity contribution is 7.52. The molecule has 1 aromatic rings. The minimum atomic E-state index is -4.70. The van der Waals surface area contributed by atoms with Crippen LogP contribution in [0.1, 0.15) is 39.7 Å². The molecule has 10 nitrogen and oxygen atoms in total. The number of phenols is 1. The van der Waals surface area contributed by atoms with Crippen LogP contribution in [0.5, 0.6) is 5.75 Å². The van der Waals surface area contributed by atoms with E-state index in [0.717, 1.165) is 0 Å². The summed E-state index contributed by atoms with van der Waals surface area (Å²) < 4.78 is 11.8. The molecule has 4 atom stereocenters. The molecule has 0 spiro atoms. The molecule has 0 aliphatic heterocycles. The summed E-state index contributed by atoms with van der Waals surface area (Å²) in [6, 6.07) is 3.78. The Hall–Kier alpha value is -2.42. The van der Waals surface area contributed by atoms with Gasteiger partial charge in [0.1, 0.15) is 23.6 Å². The number of nitrogens with one attached hydrogen (secondary N) is 3. The number of carbonyl (C=O) groups excluding carboxylic acids is 3. The second kappa shape index (κ2) is 11.1. The summed E-state index contributed by atoms with van der Waals surface area (Å²) in [5.41, 5.74) is 0.501. The van der Waals surface area contributed by atoms with E-state index in [0.29, 0.717) is 12.0 Å². The molecule has 168 valence electrons. The lowest BCUT2D eigenvalue weighted by molar-refractivity contribution is -0.132. The fourth-order valence-electron chi connectivity index (χ4n) is 2.69. The Morgan fingerprint density at radius 3 is 2.03 bits per heavy atom. The van der Waals surface area contributed by atoms with Crippen molar-refractivity contribution in [2.75, 3.05) is 0 Å². The van der Waals surface area contributed by atoms with E-state index in [4.69, 9.17) is 0 Å². The first-order valence-electron chi connectivity index (χ1n) is 9.56. The minimum Gasteiger partial charge on any atom is -0.508 e. The molecule has 0 aliphatic carbocycles. The van der Waals surface area contributed by atoms with Crippen LogP contribution in [0.4, 0.5) is 0 Å². The van der Waals surface area contributed by atoms with Gasteiger partial charge in [-0.3, -0.25) is 18.9 Å². The predicted octanol–water partition coefficient (Wildman–Crippen LogP) is 0.610. The zero-order valence-corrected chi connectivity index (χ0v) is 18.3. The van der Waals surface area contributed by atoms with E-state index in [2.05, 4.69) is 16.0 Å².